The summed E-state index contributed by atoms with van der Waals surface area (Å²) in [6.45, 7) is 1.65. The first-order valence-corrected chi connectivity index (χ1v) is 17.3. The monoisotopic (exact) mass is 747 g/mol. The van der Waals surface area contributed by atoms with Crippen molar-refractivity contribution >= 4 is 46.1 Å². The van der Waals surface area contributed by atoms with Gasteiger partial charge in [-0.15, -0.1) is 0 Å². The largest absolute Gasteiger partial charge is 0.466 e. The number of aliphatic hydroxyl groups is 2. The molecule has 0 aliphatic carbocycles. The number of fused-ring (bicyclic) bond motifs is 1. The van der Waals surface area contributed by atoms with E-state index in [1.807, 2.05) is 0 Å². The van der Waals surface area contributed by atoms with Crippen molar-refractivity contribution in [2.45, 2.75) is 37.8 Å². The van der Waals surface area contributed by atoms with Gasteiger partial charge in [0, 0.05) is 18.1 Å². The molecule has 0 bridgehead atoms. The second-order valence-corrected chi connectivity index (χ2v) is 12.2. The molecule has 1 aliphatic rings. The topological polar surface area (TPSA) is 408 Å². The van der Waals surface area contributed by atoms with Crippen molar-refractivity contribution < 1.29 is 77.6 Å². The zero-order valence-electron chi connectivity index (χ0n) is 24.3. The second-order valence-electron chi connectivity index (χ2n) is 9.10. The molecule has 4 rings (SSSR count). The summed E-state index contributed by atoms with van der Waals surface area (Å²) < 4.78 is 34.0. The summed E-state index contributed by atoms with van der Waals surface area (Å²) in [6.07, 6.45) is 1.15. The number of imidazole rings is 1. The van der Waals surface area contributed by atoms with Crippen LogP contribution in [-0.2, 0) is 18.4 Å². The molecule has 4 atom stereocenters. The van der Waals surface area contributed by atoms with Gasteiger partial charge in [-0.3, -0.25) is 14.7 Å². The van der Waals surface area contributed by atoms with Crippen LogP contribution in [0.25, 0.3) is 11.2 Å². The average Bonchev–Trinajstić information content (AvgIpc) is 3.52. The molecule has 48 heavy (non-hydrogen) atoms. The van der Waals surface area contributed by atoms with Gasteiger partial charge in [0.2, 0.25) is 0 Å². The Bertz CT molecular complexity index is 1660. The fourth-order valence-corrected chi connectivity index (χ4v) is 3.80. The molecule has 0 radical (unpaired) electrons. The Labute approximate surface area is 269 Å². The summed E-state index contributed by atoms with van der Waals surface area (Å²) in [7, 11) is -13.9. The zero-order valence-corrected chi connectivity index (χ0v) is 27.0. The molecule has 0 saturated carbocycles. The number of rotatable bonds is 6. The lowest BCUT2D eigenvalue weighted by atomic mass is 10.0. The third kappa shape index (κ3) is 16.7. The van der Waals surface area contributed by atoms with Crippen LogP contribution < -0.4 is 11.1 Å². The first-order chi connectivity index (χ1) is 21.9. The van der Waals surface area contributed by atoms with E-state index < -0.39 is 52.9 Å². The first-order valence-electron chi connectivity index (χ1n) is 12.6. The number of benzene rings is 1. The third-order valence-electron chi connectivity index (χ3n) is 5.43. The molecule has 3 aromatic rings. The van der Waals surface area contributed by atoms with Gasteiger partial charge in [0.1, 0.15) is 18.7 Å². The van der Waals surface area contributed by atoms with Crippen LogP contribution in [0.15, 0.2) is 30.9 Å². The van der Waals surface area contributed by atoms with Gasteiger partial charge in [0.05, 0.1) is 42.1 Å². The van der Waals surface area contributed by atoms with E-state index >= 15 is 0 Å². The van der Waals surface area contributed by atoms with Gasteiger partial charge in [0.25, 0.3) is 5.69 Å². The molecule has 0 spiro atoms. The number of nitro benzene ring substituents is 1. The third-order valence-corrected chi connectivity index (χ3v) is 5.43. The van der Waals surface area contributed by atoms with E-state index in [-0.39, 0.29) is 25.3 Å². The maximum Gasteiger partial charge on any atom is 0.466 e. The van der Waals surface area contributed by atoms with Gasteiger partial charge in [-0.05, 0) is 19.1 Å². The van der Waals surface area contributed by atoms with Crippen LogP contribution in [0.1, 0.15) is 36.7 Å². The van der Waals surface area contributed by atoms with E-state index in [0.717, 1.165) is 0 Å². The minimum absolute atomic E-state index is 0.0713. The van der Waals surface area contributed by atoms with Crippen molar-refractivity contribution in [3.05, 3.63) is 52.1 Å². The lowest BCUT2D eigenvalue weighted by Gasteiger charge is -2.16. The molecule has 268 valence electrons. The summed E-state index contributed by atoms with van der Waals surface area (Å²) in [5, 5.41) is 34.2. The van der Waals surface area contributed by atoms with Crippen molar-refractivity contribution in [3.63, 3.8) is 0 Å². The number of anilines is 1. The molecular weight excluding hydrogens is 715 g/mol. The van der Waals surface area contributed by atoms with Crippen LogP contribution in [0.4, 0.5) is 11.5 Å². The second kappa shape index (κ2) is 18.5. The van der Waals surface area contributed by atoms with Gasteiger partial charge in [-0.25, -0.2) is 28.6 Å². The molecule has 3 heterocycles. The predicted molar refractivity (Wildman–Crippen MR) is 161 cm³/mol. The number of nitrogens with zero attached hydrogens (tertiary/aromatic N) is 5. The van der Waals surface area contributed by atoms with Gasteiger partial charge < -0.3 is 70.0 Å². The summed E-state index contributed by atoms with van der Waals surface area (Å²) in [6, 6.07) is 4.29. The fraction of sp³-hybridized carbons (Fsp3) is 0.381. The first kappa shape index (κ1) is 42.7. The molecule has 27 heteroatoms. The van der Waals surface area contributed by atoms with E-state index in [1.54, 1.807) is 23.6 Å². The quantitative estimate of drug-likeness (QED) is 0.0565. The molecule has 24 nitrogen and oxygen atoms in total. The standard InChI is InChI=1S/C21H23N7O5.3H3O4P/c1-12(14-5-4-13(3-2-6-22)7-15(14)28(31)32)26-20-19-21(24-10-23-20)27(11-25-19)18-8-16(30)17(9-29)33-18;3*1-5(2,3)4/h4-5,7,10-12,16-18,29-30H,6,8-9,22H2,1H3,(H,23,24,26);3*(H3,1,2,3,4)/t12?,16-,17+,18+;;;/m0.../s1. The number of hydrogen-bond acceptors (Lipinski definition) is 13. The Morgan fingerprint density at radius 3 is 2.10 bits per heavy atom. The number of nitrogens with one attached hydrogen (secondary N) is 1. The van der Waals surface area contributed by atoms with Crippen LogP contribution in [0.3, 0.4) is 0 Å². The molecule has 14 N–H and O–H groups in total. The number of ether oxygens (including phenoxy) is 1. The SMILES string of the molecule is CC(Nc1ncnc2c1ncn2[C@H]1C[C@H](O)[C@@H](CO)O1)c1ccc(C#CCN)cc1[N+](=O)[O-].O=P(O)(O)O.O=P(O)(O)O.O=P(O)(O)O. The van der Waals surface area contributed by atoms with Crippen LogP contribution in [0.5, 0.6) is 0 Å². The van der Waals surface area contributed by atoms with Crippen molar-refractivity contribution in [1.82, 2.24) is 19.5 Å². The number of nitrogens with two attached hydrogens (primary N) is 1. The molecule has 0 amide bonds. The highest BCUT2D eigenvalue weighted by molar-refractivity contribution is 7.45. The van der Waals surface area contributed by atoms with E-state index in [2.05, 4.69) is 32.1 Å². The molecule has 1 saturated heterocycles. The lowest BCUT2D eigenvalue weighted by molar-refractivity contribution is -0.385. The van der Waals surface area contributed by atoms with Crippen molar-refractivity contribution in [1.29, 1.82) is 0 Å². The summed E-state index contributed by atoms with van der Waals surface area (Å²) in [5.41, 5.74) is 7.18. The number of nitro groups is 1. The smallest absolute Gasteiger partial charge is 0.394 e. The normalized spacial score (nSPS) is 18.1. The maximum absolute atomic E-state index is 11.7. The zero-order chi connectivity index (χ0) is 37.0. The highest BCUT2D eigenvalue weighted by Gasteiger charge is 2.35. The summed E-state index contributed by atoms with van der Waals surface area (Å²) in [5.74, 6) is 5.88. The van der Waals surface area contributed by atoms with E-state index in [4.69, 9.17) is 68.2 Å². The molecular formula is C21H32N7O17P3. The Morgan fingerprint density at radius 1 is 1.06 bits per heavy atom. The number of hydrogen-bond donors (Lipinski definition) is 13. The average molecular weight is 747 g/mol. The highest BCUT2D eigenvalue weighted by atomic mass is 31.2. The van der Waals surface area contributed by atoms with Crippen LogP contribution in [0.2, 0.25) is 0 Å². The van der Waals surface area contributed by atoms with Gasteiger partial charge in [-0.2, -0.15) is 0 Å². The number of aliphatic hydroxyl groups excluding tert-OH is 2. The van der Waals surface area contributed by atoms with Crippen molar-refractivity contribution in [3.8, 4) is 11.8 Å². The summed E-state index contributed by atoms with van der Waals surface area (Å²) >= 11 is 0. The Morgan fingerprint density at radius 2 is 1.62 bits per heavy atom. The molecule has 2 aromatic heterocycles. The van der Waals surface area contributed by atoms with Gasteiger partial charge in [-0.1, -0.05) is 11.8 Å². The number of phosphoric acid groups is 3. The molecule has 1 fully saturated rings. The van der Waals surface area contributed by atoms with E-state index in [0.29, 0.717) is 28.1 Å². The van der Waals surface area contributed by atoms with Crippen molar-refractivity contribution in [2.24, 2.45) is 5.73 Å². The lowest BCUT2D eigenvalue weighted by Crippen LogP contribution is -2.24. The number of aromatic nitrogens is 4. The molecule has 1 aliphatic heterocycles. The minimum Gasteiger partial charge on any atom is -0.394 e. The van der Waals surface area contributed by atoms with Crippen LogP contribution in [0, 0.1) is 22.0 Å². The predicted octanol–water partition coefficient (Wildman–Crippen LogP) is -1.93. The van der Waals surface area contributed by atoms with E-state index in [1.165, 1.54) is 18.7 Å². The van der Waals surface area contributed by atoms with Crippen LogP contribution in [-0.4, -0.2) is 104 Å². The van der Waals surface area contributed by atoms with Gasteiger partial charge >= 0.3 is 23.5 Å². The van der Waals surface area contributed by atoms with E-state index in [9.17, 15) is 20.3 Å². The molecule has 1 aromatic carbocycles. The Kier molecular flexibility index (Phi) is 16.4. The highest BCUT2D eigenvalue weighted by Crippen LogP contribution is 2.33. The minimum atomic E-state index is -4.64. The Balaban J connectivity index is 0.000000643. The fourth-order valence-electron chi connectivity index (χ4n) is 3.80. The van der Waals surface area contributed by atoms with Gasteiger partial charge in [0.15, 0.2) is 17.0 Å². The molecule has 1 unspecified atom stereocenters. The maximum atomic E-state index is 11.7. The van der Waals surface area contributed by atoms with Crippen LogP contribution >= 0.6 is 23.5 Å². The summed E-state index contributed by atoms with van der Waals surface area (Å²) in [4.78, 5) is 88.8. The van der Waals surface area contributed by atoms with Crippen molar-refractivity contribution in [2.75, 3.05) is 18.5 Å². The Hall–Kier alpha value is -3.30.